The fourth-order valence-corrected chi connectivity index (χ4v) is 2.77. The smallest absolute Gasteiger partial charge is 0.0735 e. The van der Waals surface area contributed by atoms with E-state index >= 15 is 0 Å². The largest absolute Gasteiger partial charge is 0.317 e. The van der Waals surface area contributed by atoms with Crippen molar-refractivity contribution in [2.75, 3.05) is 13.1 Å². The Hall–Kier alpha value is -1.33. The molecule has 1 N–H and O–H groups in total. The molecule has 0 amide bonds. The fourth-order valence-electron chi connectivity index (χ4n) is 2.77. The normalized spacial score (nSPS) is 18.6. The quantitative estimate of drug-likeness (QED) is 0.881. The van der Waals surface area contributed by atoms with Crippen molar-refractivity contribution in [2.24, 2.45) is 5.92 Å². The maximum Gasteiger partial charge on any atom is 0.0735 e. The third-order valence-electron chi connectivity index (χ3n) is 3.89. The van der Waals surface area contributed by atoms with Crippen molar-refractivity contribution in [3.8, 4) is 6.07 Å². The first-order valence-corrected chi connectivity index (χ1v) is 6.92. The highest BCUT2D eigenvalue weighted by molar-refractivity contribution is 5.32. The number of rotatable bonds is 3. The Kier molecular flexibility index (Phi) is 4.38. The summed E-state index contributed by atoms with van der Waals surface area (Å²) in [5.41, 5.74) is 2.60. The Morgan fingerprint density at radius 1 is 1.28 bits per heavy atom. The van der Waals surface area contributed by atoms with Gasteiger partial charge in [-0.1, -0.05) is 38.1 Å². The molecule has 1 atom stereocenters. The van der Waals surface area contributed by atoms with Crippen molar-refractivity contribution in [1.82, 2.24) is 5.32 Å². The average Bonchev–Trinajstić information content (AvgIpc) is 2.40. The highest BCUT2D eigenvalue weighted by Crippen LogP contribution is 2.30. The molecule has 2 heteroatoms. The maximum atomic E-state index is 9.29. The number of nitriles is 1. The third-order valence-corrected chi connectivity index (χ3v) is 3.89. The SMILES string of the molecule is CC(C)C(C#N)c1cccc(C2CCNCC2)c1. The van der Waals surface area contributed by atoms with Crippen LogP contribution < -0.4 is 5.32 Å². The summed E-state index contributed by atoms with van der Waals surface area (Å²) in [7, 11) is 0. The van der Waals surface area contributed by atoms with E-state index in [0.29, 0.717) is 11.8 Å². The Morgan fingerprint density at radius 2 is 2.00 bits per heavy atom. The van der Waals surface area contributed by atoms with Gasteiger partial charge in [-0.05, 0) is 48.9 Å². The summed E-state index contributed by atoms with van der Waals surface area (Å²) < 4.78 is 0. The fraction of sp³-hybridized carbons (Fsp3) is 0.562. The summed E-state index contributed by atoms with van der Waals surface area (Å²) in [4.78, 5) is 0. The van der Waals surface area contributed by atoms with Gasteiger partial charge in [-0.3, -0.25) is 0 Å². The summed E-state index contributed by atoms with van der Waals surface area (Å²) >= 11 is 0. The van der Waals surface area contributed by atoms with Crippen molar-refractivity contribution >= 4 is 0 Å². The van der Waals surface area contributed by atoms with E-state index in [1.54, 1.807) is 0 Å². The van der Waals surface area contributed by atoms with Crippen LogP contribution in [0.25, 0.3) is 0 Å². The number of hydrogen-bond acceptors (Lipinski definition) is 2. The molecule has 0 aromatic heterocycles. The highest BCUT2D eigenvalue weighted by Gasteiger charge is 2.19. The van der Waals surface area contributed by atoms with Crippen LogP contribution in [0.2, 0.25) is 0 Å². The predicted molar refractivity (Wildman–Crippen MR) is 74.5 cm³/mol. The lowest BCUT2D eigenvalue weighted by Gasteiger charge is -2.24. The van der Waals surface area contributed by atoms with Crippen LogP contribution >= 0.6 is 0 Å². The molecule has 1 aromatic rings. The maximum absolute atomic E-state index is 9.29. The molecule has 1 saturated heterocycles. The summed E-state index contributed by atoms with van der Waals surface area (Å²) in [6, 6.07) is 11.1. The van der Waals surface area contributed by atoms with Crippen LogP contribution in [0.3, 0.4) is 0 Å². The minimum absolute atomic E-state index is 0.0201. The molecule has 1 aromatic carbocycles. The van der Waals surface area contributed by atoms with Gasteiger partial charge in [-0.15, -0.1) is 0 Å². The molecular formula is C16H22N2. The number of nitrogens with zero attached hydrogens (tertiary/aromatic N) is 1. The van der Waals surface area contributed by atoms with E-state index in [4.69, 9.17) is 0 Å². The van der Waals surface area contributed by atoms with Gasteiger partial charge in [0.2, 0.25) is 0 Å². The second-order valence-electron chi connectivity index (χ2n) is 5.55. The molecule has 1 aliphatic heterocycles. The van der Waals surface area contributed by atoms with E-state index in [0.717, 1.165) is 13.1 Å². The Bertz CT molecular complexity index is 425. The first-order chi connectivity index (χ1) is 8.72. The summed E-state index contributed by atoms with van der Waals surface area (Å²) in [5, 5.41) is 12.7. The van der Waals surface area contributed by atoms with Crippen LogP contribution in [0, 0.1) is 17.2 Å². The lowest BCUT2D eigenvalue weighted by molar-refractivity contribution is 0.460. The molecule has 0 spiro atoms. The van der Waals surface area contributed by atoms with E-state index in [9.17, 15) is 5.26 Å². The van der Waals surface area contributed by atoms with Crippen LogP contribution in [0.4, 0.5) is 0 Å². The molecule has 0 bridgehead atoms. The van der Waals surface area contributed by atoms with Crippen LogP contribution in [-0.4, -0.2) is 13.1 Å². The minimum atomic E-state index is 0.0201. The van der Waals surface area contributed by atoms with Crippen molar-refractivity contribution in [3.05, 3.63) is 35.4 Å². The van der Waals surface area contributed by atoms with Crippen molar-refractivity contribution in [3.63, 3.8) is 0 Å². The third kappa shape index (κ3) is 2.91. The van der Waals surface area contributed by atoms with Gasteiger partial charge in [-0.25, -0.2) is 0 Å². The monoisotopic (exact) mass is 242 g/mol. The molecule has 96 valence electrons. The van der Waals surface area contributed by atoms with Gasteiger partial charge in [0.15, 0.2) is 0 Å². The van der Waals surface area contributed by atoms with Crippen molar-refractivity contribution in [2.45, 2.75) is 38.5 Å². The molecule has 2 nitrogen and oxygen atoms in total. The van der Waals surface area contributed by atoms with Crippen LogP contribution in [0.5, 0.6) is 0 Å². The van der Waals surface area contributed by atoms with E-state index in [-0.39, 0.29) is 5.92 Å². The summed E-state index contributed by atoms with van der Waals surface area (Å²) in [5.74, 6) is 1.06. The standard InChI is InChI=1S/C16H22N2/c1-12(2)16(11-17)15-5-3-4-14(10-15)13-6-8-18-9-7-13/h3-5,10,12-13,16,18H,6-9H2,1-2H3. The number of piperidine rings is 1. The van der Waals surface area contributed by atoms with Gasteiger partial charge in [0, 0.05) is 0 Å². The molecule has 2 rings (SSSR count). The molecule has 0 aliphatic carbocycles. The van der Waals surface area contributed by atoms with Crippen LogP contribution in [0.15, 0.2) is 24.3 Å². The zero-order chi connectivity index (χ0) is 13.0. The van der Waals surface area contributed by atoms with Crippen LogP contribution in [-0.2, 0) is 0 Å². The van der Waals surface area contributed by atoms with Gasteiger partial charge in [0.05, 0.1) is 12.0 Å². The Balaban J connectivity index is 2.21. The molecule has 18 heavy (non-hydrogen) atoms. The first-order valence-electron chi connectivity index (χ1n) is 6.92. The molecule has 0 radical (unpaired) electrons. The van der Waals surface area contributed by atoms with E-state index < -0.39 is 0 Å². The van der Waals surface area contributed by atoms with Gasteiger partial charge >= 0.3 is 0 Å². The van der Waals surface area contributed by atoms with E-state index in [1.807, 2.05) is 0 Å². The average molecular weight is 242 g/mol. The molecule has 1 heterocycles. The van der Waals surface area contributed by atoms with Crippen molar-refractivity contribution in [1.29, 1.82) is 5.26 Å². The number of hydrogen-bond donors (Lipinski definition) is 1. The Labute approximate surface area is 110 Å². The molecule has 0 saturated carbocycles. The van der Waals surface area contributed by atoms with Gasteiger partial charge < -0.3 is 5.32 Å². The second-order valence-corrected chi connectivity index (χ2v) is 5.55. The van der Waals surface area contributed by atoms with Gasteiger partial charge in [-0.2, -0.15) is 5.26 Å². The van der Waals surface area contributed by atoms with E-state index in [2.05, 4.69) is 49.5 Å². The zero-order valence-electron chi connectivity index (χ0n) is 11.3. The topological polar surface area (TPSA) is 35.8 Å². The molecular weight excluding hydrogens is 220 g/mol. The second kappa shape index (κ2) is 6.02. The Morgan fingerprint density at radius 3 is 2.61 bits per heavy atom. The zero-order valence-corrected chi connectivity index (χ0v) is 11.3. The van der Waals surface area contributed by atoms with Gasteiger partial charge in [0.1, 0.15) is 0 Å². The van der Waals surface area contributed by atoms with Gasteiger partial charge in [0.25, 0.3) is 0 Å². The number of nitrogens with one attached hydrogen (secondary N) is 1. The molecule has 1 aliphatic rings. The highest BCUT2D eigenvalue weighted by atomic mass is 14.9. The van der Waals surface area contributed by atoms with Crippen molar-refractivity contribution < 1.29 is 0 Å². The lowest BCUT2D eigenvalue weighted by atomic mass is 9.85. The molecule has 1 fully saturated rings. The predicted octanol–water partition coefficient (Wildman–Crippen LogP) is 3.42. The first kappa shape index (κ1) is 13.1. The number of benzene rings is 1. The van der Waals surface area contributed by atoms with E-state index in [1.165, 1.54) is 24.0 Å². The summed E-state index contributed by atoms with van der Waals surface area (Å²) in [6.45, 7) is 6.46. The molecule has 1 unspecified atom stereocenters. The summed E-state index contributed by atoms with van der Waals surface area (Å²) in [6.07, 6.45) is 2.42. The minimum Gasteiger partial charge on any atom is -0.317 e. The van der Waals surface area contributed by atoms with Crippen LogP contribution in [0.1, 0.15) is 49.7 Å². The lowest BCUT2D eigenvalue weighted by Crippen LogP contribution is -2.26.